The van der Waals surface area contributed by atoms with Crippen LogP contribution in [0, 0.1) is 6.57 Å². The largest absolute Gasteiger partial charge is 0.342 e. The maximum absolute atomic E-state index is 7.68. The third kappa shape index (κ3) is 2.03. The van der Waals surface area contributed by atoms with Gasteiger partial charge in [0.05, 0.1) is 39.7 Å². The van der Waals surface area contributed by atoms with Crippen LogP contribution in [-0.4, -0.2) is 9.13 Å². The molecule has 1 aliphatic carbocycles. The summed E-state index contributed by atoms with van der Waals surface area (Å²) < 4.78 is 4.86. The molecule has 176 valence electrons. The van der Waals surface area contributed by atoms with Crippen molar-refractivity contribution < 1.29 is 0 Å². The molecule has 0 fully saturated rings. The average molecular weight is 484 g/mol. The van der Waals surface area contributed by atoms with E-state index in [2.05, 4.69) is 124 Å². The highest BCUT2D eigenvalue weighted by atomic mass is 15.1. The summed E-state index contributed by atoms with van der Waals surface area (Å²) in [5.41, 5.74) is 14.0. The minimum absolute atomic E-state index is 0.456. The molecular formula is C35H21N3. The van der Waals surface area contributed by atoms with E-state index in [1.54, 1.807) is 0 Å². The van der Waals surface area contributed by atoms with E-state index in [1.165, 1.54) is 66.3 Å². The van der Waals surface area contributed by atoms with Gasteiger partial charge in [-0.1, -0.05) is 91.0 Å². The quantitative estimate of drug-likeness (QED) is 0.192. The van der Waals surface area contributed by atoms with Crippen LogP contribution in [0.5, 0.6) is 0 Å². The van der Waals surface area contributed by atoms with Gasteiger partial charge in [0.2, 0.25) is 0 Å². The molecule has 1 atom stereocenters. The Morgan fingerprint density at radius 3 is 2.21 bits per heavy atom. The lowest BCUT2D eigenvalue weighted by Gasteiger charge is -2.39. The summed E-state index contributed by atoms with van der Waals surface area (Å²) in [5.74, 6) is 0. The van der Waals surface area contributed by atoms with Crippen molar-refractivity contribution in [3.8, 4) is 16.8 Å². The van der Waals surface area contributed by atoms with Gasteiger partial charge in [-0.25, -0.2) is 4.85 Å². The fraction of sp³-hybridized carbons (Fsp3) is 0.0571. The molecule has 2 aliphatic rings. The van der Waals surface area contributed by atoms with Crippen molar-refractivity contribution in [1.82, 2.24) is 9.13 Å². The highest BCUT2D eigenvalue weighted by Gasteiger charge is 2.50. The summed E-state index contributed by atoms with van der Waals surface area (Å²) in [6, 6.07) is 39.5. The van der Waals surface area contributed by atoms with Crippen LogP contribution in [0.3, 0.4) is 0 Å². The molecule has 0 amide bonds. The van der Waals surface area contributed by atoms with Gasteiger partial charge in [-0.05, 0) is 51.6 Å². The molecule has 38 heavy (non-hydrogen) atoms. The first-order chi connectivity index (χ1) is 18.7. The number of benzene rings is 5. The van der Waals surface area contributed by atoms with Crippen LogP contribution in [-0.2, 0) is 12.5 Å². The summed E-state index contributed by atoms with van der Waals surface area (Å²) >= 11 is 0. The Hall–Kier alpha value is -5.07. The van der Waals surface area contributed by atoms with E-state index < -0.39 is 5.41 Å². The van der Waals surface area contributed by atoms with Gasteiger partial charge in [0, 0.05) is 17.8 Å². The van der Waals surface area contributed by atoms with E-state index >= 15 is 0 Å². The van der Waals surface area contributed by atoms with Crippen LogP contribution in [0.4, 0.5) is 5.69 Å². The van der Waals surface area contributed by atoms with Crippen LogP contribution < -0.4 is 0 Å². The molecule has 2 aromatic heterocycles. The first-order valence-corrected chi connectivity index (χ1v) is 13.0. The van der Waals surface area contributed by atoms with Crippen molar-refractivity contribution in [3.63, 3.8) is 0 Å². The van der Waals surface area contributed by atoms with Gasteiger partial charge < -0.3 is 9.13 Å². The Morgan fingerprint density at radius 2 is 1.32 bits per heavy atom. The van der Waals surface area contributed by atoms with Crippen LogP contribution >= 0.6 is 0 Å². The second-order valence-corrected chi connectivity index (χ2v) is 10.5. The molecule has 9 rings (SSSR count). The van der Waals surface area contributed by atoms with Gasteiger partial charge in [0.1, 0.15) is 0 Å². The predicted molar refractivity (Wildman–Crippen MR) is 154 cm³/mol. The lowest BCUT2D eigenvalue weighted by atomic mass is 9.65. The number of rotatable bonds is 0. The van der Waals surface area contributed by atoms with Gasteiger partial charge in [-0.15, -0.1) is 0 Å². The molecule has 1 aliphatic heterocycles. The third-order valence-electron chi connectivity index (χ3n) is 8.93. The molecule has 0 radical (unpaired) electrons. The summed E-state index contributed by atoms with van der Waals surface area (Å²) in [7, 11) is 2.19. The lowest BCUT2D eigenvalue weighted by molar-refractivity contribution is 0.749. The van der Waals surface area contributed by atoms with Crippen molar-refractivity contribution in [2.24, 2.45) is 7.05 Å². The Morgan fingerprint density at radius 1 is 0.605 bits per heavy atom. The van der Waals surface area contributed by atoms with E-state index in [9.17, 15) is 0 Å². The second kappa shape index (κ2) is 6.62. The summed E-state index contributed by atoms with van der Waals surface area (Å²) in [5, 5.41) is 2.54. The summed E-state index contributed by atoms with van der Waals surface area (Å²) in [6.45, 7) is 7.68. The molecule has 3 nitrogen and oxygen atoms in total. The SMILES string of the molecule is [C-]#[N+]c1ccc2c(c1)-c1ccccc1C21c2ccccc2-n2c3c1cccc3c1c2c2ccccc2n1C. The number of aryl methyl sites for hydroxylation is 1. The minimum Gasteiger partial charge on any atom is -0.342 e. The molecule has 5 aromatic carbocycles. The van der Waals surface area contributed by atoms with Crippen molar-refractivity contribution in [2.75, 3.05) is 0 Å². The average Bonchev–Trinajstić information content (AvgIpc) is 3.58. The highest BCUT2D eigenvalue weighted by Crippen LogP contribution is 2.61. The molecule has 7 aromatic rings. The summed E-state index contributed by atoms with van der Waals surface area (Å²) in [6.07, 6.45) is 0. The van der Waals surface area contributed by atoms with Crippen molar-refractivity contribution in [2.45, 2.75) is 5.41 Å². The fourth-order valence-electron chi connectivity index (χ4n) is 7.59. The number of para-hydroxylation sites is 3. The molecule has 0 bridgehead atoms. The number of nitrogens with zero attached hydrogens (tertiary/aromatic N) is 3. The van der Waals surface area contributed by atoms with Gasteiger partial charge in [0.15, 0.2) is 5.69 Å². The van der Waals surface area contributed by atoms with Crippen molar-refractivity contribution >= 4 is 38.5 Å². The lowest BCUT2D eigenvalue weighted by Crippen LogP contribution is -2.33. The number of hydrogen-bond donors (Lipinski definition) is 0. The molecule has 3 heteroatoms. The predicted octanol–water partition coefficient (Wildman–Crippen LogP) is 8.50. The Labute approximate surface area is 219 Å². The van der Waals surface area contributed by atoms with Gasteiger partial charge in [-0.2, -0.15) is 0 Å². The highest BCUT2D eigenvalue weighted by molar-refractivity contribution is 6.20. The maximum Gasteiger partial charge on any atom is 0.187 e. The van der Waals surface area contributed by atoms with Gasteiger partial charge in [-0.3, -0.25) is 0 Å². The van der Waals surface area contributed by atoms with Gasteiger partial charge in [0.25, 0.3) is 0 Å². The zero-order valence-corrected chi connectivity index (χ0v) is 20.7. The zero-order chi connectivity index (χ0) is 25.2. The van der Waals surface area contributed by atoms with E-state index in [1.807, 2.05) is 6.07 Å². The Balaban J connectivity index is 1.58. The Bertz CT molecular complexity index is 2220. The topological polar surface area (TPSA) is 14.2 Å². The molecule has 1 spiro atoms. The van der Waals surface area contributed by atoms with E-state index in [-0.39, 0.29) is 0 Å². The molecule has 0 N–H and O–H groups in total. The first-order valence-electron chi connectivity index (χ1n) is 13.0. The van der Waals surface area contributed by atoms with Crippen LogP contribution in [0.15, 0.2) is 109 Å². The molecule has 0 saturated heterocycles. The van der Waals surface area contributed by atoms with Gasteiger partial charge >= 0.3 is 0 Å². The second-order valence-electron chi connectivity index (χ2n) is 10.5. The first kappa shape index (κ1) is 20.0. The van der Waals surface area contributed by atoms with E-state index in [0.29, 0.717) is 5.69 Å². The van der Waals surface area contributed by atoms with Crippen molar-refractivity contribution in [3.05, 3.63) is 143 Å². The third-order valence-corrected chi connectivity index (χ3v) is 8.93. The monoisotopic (exact) mass is 483 g/mol. The maximum atomic E-state index is 7.68. The molecule has 3 heterocycles. The standard InChI is InChI=1S/C35H21N3/c1-36-21-18-19-27-25(20-21)22-10-3-5-13-26(22)35(27)28-14-6-8-17-31(28)38-32-24(12-9-15-29(32)35)33-34(38)23-11-4-7-16-30(23)37(33)2/h3-20H,2H3. The smallest absolute Gasteiger partial charge is 0.187 e. The van der Waals surface area contributed by atoms with Crippen LogP contribution in [0.1, 0.15) is 22.3 Å². The molecule has 0 saturated carbocycles. The molecule has 1 unspecified atom stereocenters. The van der Waals surface area contributed by atoms with E-state index in [0.717, 1.165) is 5.56 Å². The normalized spacial score (nSPS) is 16.6. The summed E-state index contributed by atoms with van der Waals surface area (Å²) in [4.78, 5) is 3.78. The number of aromatic nitrogens is 2. The number of hydrogen-bond acceptors (Lipinski definition) is 0. The van der Waals surface area contributed by atoms with Crippen molar-refractivity contribution in [1.29, 1.82) is 0 Å². The fourth-order valence-corrected chi connectivity index (χ4v) is 7.59. The van der Waals surface area contributed by atoms with Crippen LogP contribution in [0.2, 0.25) is 0 Å². The zero-order valence-electron chi connectivity index (χ0n) is 20.7. The molecular weight excluding hydrogens is 462 g/mol. The van der Waals surface area contributed by atoms with Crippen LogP contribution in [0.25, 0.3) is 54.5 Å². The minimum atomic E-state index is -0.456. The number of fused-ring (bicyclic) bond motifs is 14. The Kier molecular flexibility index (Phi) is 3.49. The van der Waals surface area contributed by atoms with E-state index in [4.69, 9.17) is 6.57 Å².